The minimum atomic E-state index is -0.109. The average Bonchev–Trinajstić information content (AvgIpc) is 1.15. The Kier molecular flexibility index (Phi) is 12.5. The Morgan fingerprint density at radius 2 is 0.833 bits per heavy atom. The van der Waals surface area contributed by atoms with Crippen molar-refractivity contribution in [1.29, 1.82) is 0 Å². The van der Waals surface area contributed by atoms with Crippen LogP contribution in [0, 0.1) is 34.6 Å². The molecule has 0 saturated carbocycles. The summed E-state index contributed by atoms with van der Waals surface area (Å²) < 4.78 is 15.7. The molecule has 0 spiro atoms. The van der Waals surface area contributed by atoms with E-state index in [1.165, 1.54) is 60.7 Å². The van der Waals surface area contributed by atoms with Crippen LogP contribution in [0.3, 0.4) is 0 Å². The zero-order valence-corrected chi connectivity index (χ0v) is 53.1. The van der Waals surface area contributed by atoms with Crippen molar-refractivity contribution in [1.82, 2.24) is 4.57 Å². The summed E-state index contributed by atoms with van der Waals surface area (Å²) in [6, 6.07) is 85.9. The van der Waals surface area contributed by atoms with Crippen molar-refractivity contribution in [2.24, 2.45) is 0 Å². The van der Waals surface area contributed by atoms with Crippen molar-refractivity contribution in [3.05, 3.63) is 269 Å². The van der Waals surface area contributed by atoms with E-state index >= 15 is 0 Å². The largest absolute Gasteiger partial charge is 0.456 e. The van der Waals surface area contributed by atoms with E-state index in [9.17, 15) is 0 Å². The maximum atomic E-state index is 6.66. The zero-order valence-electron chi connectivity index (χ0n) is 53.1. The first-order valence-corrected chi connectivity index (χ1v) is 31.7. The van der Waals surface area contributed by atoms with Crippen LogP contribution in [0.5, 0.6) is 0 Å². The normalized spacial score (nSPS) is 13.0. The van der Waals surface area contributed by atoms with E-state index in [0.717, 1.165) is 118 Å². The van der Waals surface area contributed by atoms with Crippen molar-refractivity contribution >= 4 is 118 Å². The maximum Gasteiger partial charge on any atom is 0.252 e. The maximum absolute atomic E-state index is 6.66. The number of para-hydroxylation sites is 4. The van der Waals surface area contributed by atoms with Crippen LogP contribution in [0.1, 0.15) is 80.5 Å². The van der Waals surface area contributed by atoms with Crippen LogP contribution in [0.15, 0.2) is 239 Å². The Morgan fingerprint density at radius 3 is 1.40 bits per heavy atom. The van der Waals surface area contributed by atoms with E-state index < -0.39 is 0 Å². The van der Waals surface area contributed by atoms with Crippen LogP contribution in [-0.2, 0) is 10.8 Å². The summed E-state index contributed by atoms with van der Waals surface area (Å²) in [6.07, 6.45) is 0. The number of furan rings is 2. The molecule has 14 aromatic rings. The molecule has 0 aliphatic carbocycles. The highest BCUT2D eigenvalue weighted by molar-refractivity contribution is 7.00. The Balaban J connectivity index is 0.948. The fourth-order valence-electron chi connectivity index (χ4n) is 14.9. The van der Waals surface area contributed by atoms with Gasteiger partial charge in [-0.1, -0.05) is 151 Å². The number of benzene rings is 11. The number of hydrogen-bond donors (Lipinski definition) is 0. The lowest BCUT2D eigenvalue weighted by atomic mass is 9.33. The summed E-state index contributed by atoms with van der Waals surface area (Å²) in [4.78, 5) is 7.62. The molecule has 6 nitrogen and oxygen atoms in total. The van der Waals surface area contributed by atoms with Gasteiger partial charge in [0.05, 0.1) is 11.0 Å². The van der Waals surface area contributed by atoms with Gasteiger partial charge in [-0.3, -0.25) is 0 Å². The van der Waals surface area contributed by atoms with Gasteiger partial charge in [0.1, 0.15) is 22.7 Å². The predicted molar refractivity (Wildman–Crippen MR) is 381 cm³/mol. The van der Waals surface area contributed by atoms with Gasteiger partial charge >= 0.3 is 0 Å². The van der Waals surface area contributed by atoms with Gasteiger partial charge in [-0.15, -0.1) is 0 Å². The first kappa shape index (κ1) is 55.1. The van der Waals surface area contributed by atoms with E-state index in [2.05, 4.69) is 314 Å². The topological polar surface area (TPSA) is 40.9 Å². The van der Waals surface area contributed by atoms with E-state index in [4.69, 9.17) is 8.83 Å². The molecule has 0 amide bonds. The van der Waals surface area contributed by atoms with Gasteiger partial charge in [0.2, 0.25) is 0 Å². The van der Waals surface area contributed by atoms with Crippen molar-refractivity contribution in [2.45, 2.75) is 87.0 Å². The van der Waals surface area contributed by atoms with Crippen LogP contribution in [0.25, 0.3) is 72.1 Å². The second-order valence-corrected chi connectivity index (χ2v) is 27.3. The predicted octanol–water partition coefficient (Wildman–Crippen LogP) is 21.3. The molecular weight excluding hydrogens is 1100 g/mol. The van der Waals surface area contributed by atoms with E-state index in [0.29, 0.717) is 0 Å². The third kappa shape index (κ3) is 8.83. The molecule has 2 aliphatic rings. The van der Waals surface area contributed by atoms with Gasteiger partial charge in [-0.05, 0) is 222 Å². The quantitative estimate of drug-likeness (QED) is 0.142. The molecule has 11 aromatic carbocycles. The van der Waals surface area contributed by atoms with Crippen molar-refractivity contribution < 1.29 is 8.83 Å². The summed E-state index contributed by atoms with van der Waals surface area (Å²) in [5.41, 5.74) is 29.6. The number of rotatable bonds is 8. The summed E-state index contributed by atoms with van der Waals surface area (Å²) >= 11 is 0. The SMILES string of the molecule is Cc1cc2c3c(c1)N(c1cc(C)c(-c4cc5ccccc5o4)c(C)c1)c1cc(C(C)(C)C)ccc1B3c1ccc(N(c3ccc(C(C)(C)C)cc3)c3ccc4c5ccccc5n(-c5ccccc5)c4c3)cc1N2c1cc(C)c(-c2cc3ccccc3o2)c(C)c1. The van der Waals surface area contributed by atoms with E-state index in [1.54, 1.807) is 0 Å². The number of anilines is 9. The molecule has 0 fully saturated rings. The van der Waals surface area contributed by atoms with Gasteiger partial charge in [-0.25, -0.2) is 0 Å². The van der Waals surface area contributed by atoms with Crippen molar-refractivity contribution in [3.8, 4) is 28.3 Å². The Bertz CT molecular complexity index is 5130. The standard InChI is InChI=1S/C83H71BN4O2/c1-50-39-73-81-74(40-50)88(64-43-53(4)80(54(5)44-64)78-46-56-22-16-20-28-76(56)90-78)72-49-62(85(60-32-29-57(30-33-60)82(6,7)8)61-34-36-66-65-25-17-18-26-69(65)86(70(66)48-61)59-23-13-12-14-24-59)35-38-68(72)84(81)67-37-31-58(83(9,10)11)47-71(67)87(73)63-41-51(2)79(52(3)42-63)77-45-55-21-15-19-27-75(55)89-77/h12-49H,1-11H3. The van der Waals surface area contributed by atoms with Gasteiger partial charge in [-0.2, -0.15) is 0 Å². The number of fused-ring (bicyclic) bond motifs is 9. The Hall–Kier alpha value is -10.2. The van der Waals surface area contributed by atoms with Crippen LogP contribution in [0.4, 0.5) is 51.2 Å². The molecule has 2 aliphatic heterocycles. The molecule has 16 rings (SSSR count). The van der Waals surface area contributed by atoms with Gasteiger partial charge in [0.25, 0.3) is 6.71 Å². The van der Waals surface area contributed by atoms with Gasteiger partial charge < -0.3 is 28.1 Å². The molecular formula is C83H71BN4O2. The molecule has 7 heteroatoms. The Labute approximate surface area is 528 Å². The second-order valence-electron chi connectivity index (χ2n) is 27.3. The highest BCUT2D eigenvalue weighted by atomic mass is 16.3. The Morgan fingerprint density at radius 1 is 0.367 bits per heavy atom. The summed E-state index contributed by atoms with van der Waals surface area (Å²) in [5.74, 6) is 1.77. The fraction of sp³-hybridized carbons (Fsp3) is 0.157. The number of hydrogen-bond acceptors (Lipinski definition) is 5. The minimum Gasteiger partial charge on any atom is -0.456 e. The summed E-state index contributed by atoms with van der Waals surface area (Å²) in [7, 11) is 0. The number of aryl methyl sites for hydroxylation is 5. The first-order chi connectivity index (χ1) is 43.4. The molecule has 3 aromatic heterocycles. The summed E-state index contributed by atoms with van der Waals surface area (Å²) in [6.45, 7) is 25.0. The van der Waals surface area contributed by atoms with E-state index in [-0.39, 0.29) is 17.5 Å². The lowest BCUT2D eigenvalue weighted by Crippen LogP contribution is -2.61. The molecule has 0 N–H and O–H groups in total. The minimum absolute atomic E-state index is 0.0259. The molecule has 0 atom stereocenters. The highest BCUT2D eigenvalue weighted by Gasteiger charge is 2.44. The van der Waals surface area contributed by atoms with Crippen molar-refractivity contribution in [2.75, 3.05) is 14.7 Å². The lowest BCUT2D eigenvalue weighted by Gasteiger charge is -2.45. The molecule has 438 valence electrons. The number of nitrogens with zero attached hydrogens (tertiary/aromatic N) is 4. The third-order valence-electron chi connectivity index (χ3n) is 19.1. The average molecular weight is 1170 g/mol. The molecule has 0 bridgehead atoms. The van der Waals surface area contributed by atoms with E-state index in [1.807, 2.05) is 12.1 Å². The van der Waals surface area contributed by atoms with Crippen LogP contribution in [-0.4, -0.2) is 11.3 Å². The molecule has 5 heterocycles. The molecule has 0 saturated heterocycles. The zero-order chi connectivity index (χ0) is 61.6. The molecule has 0 radical (unpaired) electrons. The van der Waals surface area contributed by atoms with Crippen LogP contribution >= 0.6 is 0 Å². The smallest absolute Gasteiger partial charge is 0.252 e. The summed E-state index contributed by atoms with van der Waals surface area (Å²) in [5, 5.41) is 4.64. The monoisotopic (exact) mass is 1170 g/mol. The van der Waals surface area contributed by atoms with Crippen LogP contribution < -0.4 is 31.1 Å². The fourth-order valence-corrected chi connectivity index (χ4v) is 14.9. The van der Waals surface area contributed by atoms with Gasteiger partial charge in [0, 0.05) is 89.5 Å². The lowest BCUT2D eigenvalue weighted by molar-refractivity contribution is 0.590. The molecule has 90 heavy (non-hydrogen) atoms. The van der Waals surface area contributed by atoms with Crippen molar-refractivity contribution in [3.63, 3.8) is 0 Å². The highest BCUT2D eigenvalue weighted by Crippen LogP contribution is 2.50. The first-order valence-electron chi connectivity index (χ1n) is 31.7. The second kappa shape index (κ2) is 20.4. The molecule has 0 unspecified atom stereocenters. The third-order valence-corrected chi connectivity index (χ3v) is 19.1. The van der Waals surface area contributed by atoms with Gasteiger partial charge in [0.15, 0.2) is 0 Å². The number of aromatic nitrogens is 1. The van der Waals surface area contributed by atoms with Crippen LogP contribution in [0.2, 0.25) is 0 Å².